The number of nitrogens with one attached hydrogen (secondary N) is 1. The number of nitrogens with zero attached hydrogens (tertiary/aromatic N) is 4. The molecule has 1 N–H and O–H groups in total. The number of amides is 1. The summed E-state index contributed by atoms with van der Waals surface area (Å²) in [5.74, 6) is -0.0387. The topological polar surface area (TPSA) is 71.0 Å². The van der Waals surface area contributed by atoms with Crippen LogP contribution in [-0.2, 0) is 16.9 Å². The Morgan fingerprint density at radius 2 is 2.26 bits per heavy atom. The van der Waals surface area contributed by atoms with E-state index in [1.807, 2.05) is 25.1 Å². The number of aromatic nitrogens is 3. The standard InChI is InChI=1S/C17H21N5O/c1-13-5-3-6-14(21-13)12-22-10-4-7-17(22,16(23)18-2)15-11-19-8-9-20-15/h3,5-6,8-9,11H,4,7,10,12H2,1-2H3,(H,18,23)/t17-/m0/s1. The molecule has 0 radical (unpaired) electrons. The molecule has 1 aliphatic heterocycles. The van der Waals surface area contributed by atoms with Gasteiger partial charge in [0.2, 0.25) is 5.91 Å². The van der Waals surface area contributed by atoms with Crippen LogP contribution in [-0.4, -0.2) is 39.4 Å². The summed E-state index contributed by atoms with van der Waals surface area (Å²) in [5.41, 5.74) is 1.87. The minimum atomic E-state index is -0.769. The first-order valence-corrected chi connectivity index (χ1v) is 7.83. The normalized spacial score (nSPS) is 21.3. The van der Waals surface area contributed by atoms with Crippen molar-refractivity contribution in [3.05, 3.63) is 53.9 Å². The van der Waals surface area contributed by atoms with E-state index < -0.39 is 5.54 Å². The van der Waals surface area contributed by atoms with Gasteiger partial charge < -0.3 is 5.32 Å². The van der Waals surface area contributed by atoms with Gasteiger partial charge in [0.1, 0.15) is 5.54 Å². The number of aryl methyl sites for hydroxylation is 1. The smallest absolute Gasteiger partial charge is 0.246 e. The summed E-state index contributed by atoms with van der Waals surface area (Å²) in [4.78, 5) is 28.1. The summed E-state index contributed by atoms with van der Waals surface area (Å²) in [6.45, 7) is 3.42. The maximum absolute atomic E-state index is 12.8. The molecule has 0 aromatic carbocycles. The summed E-state index contributed by atoms with van der Waals surface area (Å²) in [6.07, 6.45) is 6.63. The number of likely N-dealkylation sites (tertiary alicyclic amines) is 1. The van der Waals surface area contributed by atoms with Crippen LogP contribution in [0.4, 0.5) is 0 Å². The molecule has 0 unspecified atom stereocenters. The fraction of sp³-hybridized carbons (Fsp3) is 0.412. The summed E-state index contributed by atoms with van der Waals surface area (Å²) in [7, 11) is 1.67. The quantitative estimate of drug-likeness (QED) is 0.924. The van der Waals surface area contributed by atoms with Crippen LogP contribution in [0, 0.1) is 6.92 Å². The van der Waals surface area contributed by atoms with Crippen LogP contribution in [0.5, 0.6) is 0 Å². The fourth-order valence-electron chi connectivity index (χ4n) is 3.35. The Hall–Kier alpha value is -2.34. The molecule has 6 nitrogen and oxygen atoms in total. The number of pyridine rings is 1. The van der Waals surface area contributed by atoms with Gasteiger partial charge in [-0.05, 0) is 31.9 Å². The predicted molar refractivity (Wildman–Crippen MR) is 86.4 cm³/mol. The highest BCUT2D eigenvalue weighted by Gasteiger charge is 2.49. The average Bonchev–Trinajstić information content (AvgIpc) is 2.99. The van der Waals surface area contributed by atoms with Gasteiger partial charge in [0.25, 0.3) is 0 Å². The highest BCUT2D eigenvalue weighted by atomic mass is 16.2. The molecule has 0 bridgehead atoms. The summed E-state index contributed by atoms with van der Waals surface area (Å²) < 4.78 is 0. The zero-order valence-corrected chi connectivity index (χ0v) is 13.5. The number of carbonyl (C=O) groups is 1. The van der Waals surface area contributed by atoms with Crippen molar-refractivity contribution in [3.63, 3.8) is 0 Å². The van der Waals surface area contributed by atoms with Gasteiger partial charge in [-0.2, -0.15) is 0 Å². The lowest BCUT2D eigenvalue weighted by Gasteiger charge is -2.35. The van der Waals surface area contributed by atoms with Crippen LogP contribution >= 0.6 is 0 Å². The second kappa shape index (κ2) is 6.42. The molecular formula is C17H21N5O. The van der Waals surface area contributed by atoms with Crippen molar-refractivity contribution >= 4 is 5.91 Å². The largest absolute Gasteiger partial charge is 0.357 e. The van der Waals surface area contributed by atoms with E-state index in [1.165, 1.54) is 0 Å². The highest BCUT2D eigenvalue weighted by molar-refractivity contribution is 5.87. The minimum Gasteiger partial charge on any atom is -0.357 e. The van der Waals surface area contributed by atoms with E-state index in [1.54, 1.807) is 25.6 Å². The number of rotatable bonds is 4. The van der Waals surface area contributed by atoms with E-state index >= 15 is 0 Å². The van der Waals surface area contributed by atoms with E-state index in [-0.39, 0.29) is 5.91 Å². The van der Waals surface area contributed by atoms with Gasteiger partial charge >= 0.3 is 0 Å². The lowest BCUT2D eigenvalue weighted by molar-refractivity contribution is -0.132. The predicted octanol–water partition coefficient (Wildman–Crippen LogP) is 1.42. The van der Waals surface area contributed by atoms with Crippen molar-refractivity contribution in [2.24, 2.45) is 0 Å². The molecule has 2 aromatic rings. The number of hydrogen-bond acceptors (Lipinski definition) is 5. The van der Waals surface area contributed by atoms with E-state index in [2.05, 4.69) is 25.2 Å². The van der Waals surface area contributed by atoms with Crippen LogP contribution in [0.25, 0.3) is 0 Å². The molecule has 6 heteroatoms. The molecule has 23 heavy (non-hydrogen) atoms. The molecule has 3 rings (SSSR count). The maximum atomic E-state index is 12.8. The maximum Gasteiger partial charge on any atom is 0.246 e. The number of carbonyl (C=O) groups excluding carboxylic acids is 1. The Bertz CT molecular complexity index is 690. The van der Waals surface area contributed by atoms with Gasteiger partial charge in [-0.3, -0.25) is 24.6 Å². The fourth-order valence-corrected chi connectivity index (χ4v) is 3.35. The van der Waals surface area contributed by atoms with Crippen LogP contribution in [0.3, 0.4) is 0 Å². The lowest BCUT2D eigenvalue weighted by atomic mass is 9.90. The van der Waals surface area contributed by atoms with Crippen LogP contribution in [0.1, 0.15) is 29.9 Å². The summed E-state index contributed by atoms with van der Waals surface area (Å²) >= 11 is 0. The molecule has 1 atom stereocenters. The molecule has 1 amide bonds. The molecule has 0 spiro atoms. The molecular weight excluding hydrogens is 290 g/mol. The first-order chi connectivity index (χ1) is 11.2. The van der Waals surface area contributed by atoms with Crippen molar-refractivity contribution in [2.75, 3.05) is 13.6 Å². The SMILES string of the molecule is CNC(=O)[C@@]1(c2cnccn2)CCCN1Cc1cccc(C)n1. The highest BCUT2D eigenvalue weighted by Crippen LogP contribution is 2.38. The van der Waals surface area contributed by atoms with Crippen LogP contribution in [0.15, 0.2) is 36.8 Å². The van der Waals surface area contributed by atoms with E-state index in [0.717, 1.165) is 30.8 Å². The van der Waals surface area contributed by atoms with E-state index in [4.69, 9.17) is 0 Å². The van der Waals surface area contributed by atoms with Gasteiger partial charge in [-0.15, -0.1) is 0 Å². The van der Waals surface area contributed by atoms with Gasteiger partial charge in [-0.1, -0.05) is 6.07 Å². The van der Waals surface area contributed by atoms with E-state index in [0.29, 0.717) is 12.2 Å². The monoisotopic (exact) mass is 311 g/mol. The molecule has 120 valence electrons. The molecule has 0 aliphatic carbocycles. The molecule has 0 saturated carbocycles. The third kappa shape index (κ3) is 2.82. The van der Waals surface area contributed by atoms with E-state index in [9.17, 15) is 4.79 Å². The average molecular weight is 311 g/mol. The third-order valence-corrected chi connectivity index (χ3v) is 4.39. The molecule has 2 aromatic heterocycles. The Balaban J connectivity index is 1.99. The lowest BCUT2D eigenvalue weighted by Crippen LogP contribution is -2.52. The molecule has 1 aliphatic rings. The Kier molecular flexibility index (Phi) is 4.34. The van der Waals surface area contributed by atoms with Crippen molar-refractivity contribution in [2.45, 2.75) is 31.8 Å². The molecule has 1 saturated heterocycles. The Morgan fingerprint density at radius 3 is 2.96 bits per heavy atom. The number of likely N-dealkylation sites (N-methyl/N-ethyl adjacent to an activating group) is 1. The minimum absolute atomic E-state index is 0.0387. The van der Waals surface area contributed by atoms with Gasteiger partial charge in [0.05, 0.1) is 17.6 Å². The van der Waals surface area contributed by atoms with Gasteiger partial charge in [0, 0.05) is 38.2 Å². The van der Waals surface area contributed by atoms with Gasteiger partial charge in [-0.25, -0.2) is 0 Å². The van der Waals surface area contributed by atoms with Gasteiger partial charge in [0.15, 0.2) is 0 Å². The van der Waals surface area contributed by atoms with Crippen molar-refractivity contribution in [3.8, 4) is 0 Å². The van der Waals surface area contributed by atoms with Crippen molar-refractivity contribution in [1.82, 2.24) is 25.2 Å². The van der Waals surface area contributed by atoms with Crippen LogP contribution in [0.2, 0.25) is 0 Å². The Labute approximate surface area is 136 Å². The second-order valence-electron chi connectivity index (χ2n) is 5.83. The zero-order valence-electron chi connectivity index (χ0n) is 13.5. The summed E-state index contributed by atoms with van der Waals surface area (Å²) in [6, 6.07) is 5.97. The third-order valence-electron chi connectivity index (χ3n) is 4.39. The zero-order chi connectivity index (χ0) is 16.3. The molecule has 3 heterocycles. The van der Waals surface area contributed by atoms with Crippen molar-refractivity contribution in [1.29, 1.82) is 0 Å². The number of hydrogen-bond donors (Lipinski definition) is 1. The first kappa shape index (κ1) is 15.6. The second-order valence-corrected chi connectivity index (χ2v) is 5.83. The summed E-state index contributed by atoms with van der Waals surface area (Å²) in [5, 5.41) is 2.80. The molecule has 1 fully saturated rings. The first-order valence-electron chi connectivity index (χ1n) is 7.83. The Morgan fingerprint density at radius 1 is 1.39 bits per heavy atom. The van der Waals surface area contributed by atoms with Crippen molar-refractivity contribution < 1.29 is 4.79 Å². The van der Waals surface area contributed by atoms with Crippen LogP contribution < -0.4 is 5.32 Å².